The van der Waals surface area contributed by atoms with Crippen molar-refractivity contribution < 1.29 is 31.9 Å². The molecular formula is C24H25Cl2F4NO3. The molecule has 0 radical (unpaired) electrons. The van der Waals surface area contributed by atoms with Crippen molar-refractivity contribution in [3.63, 3.8) is 0 Å². The third-order valence-electron chi connectivity index (χ3n) is 5.84. The van der Waals surface area contributed by atoms with Gasteiger partial charge in [0.2, 0.25) is 11.6 Å². The van der Waals surface area contributed by atoms with Crippen molar-refractivity contribution in [2.75, 3.05) is 5.32 Å². The van der Waals surface area contributed by atoms with Crippen LogP contribution in [0.3, 0.4) is 0 Å². The van der Waals surface area contributed by atoms with Crippen LogP contribution in [0.2, 0.25) is 5.02 Å². The van der Waals surface area contributed by atoms with Crippen molar-refractivity contribution in [1.29, 1.82) is 0 Å². The number of ketones is 2. The Morgan fingerprint density at radius 3 is 2.44 bits per heavy atom. The lowest BCUT2D eigenvalue weighted by Crippen LogP contribution is -2.24. The van der Waals surface area contributed by atoms with Gasteiger partial charge < -0.3 is 5.32 Å². The molecule has 1 aliphatic carbocycles. The molecule has 1 amide bonds. The van der Waals surface area contributed by atoms with E-state index in [0.29, 0.717) is 6.42 Å². The van der Waals surface area contributed by atoms with E-state index in [2.05, 4.69) is 5.32 Å². The standard InChI is InChI=1S/C24H25Cl2F4NO3/c1-12-7-9-16(25)21(23(34)31-15-8-10-18(27)17(26)11-15)14(3)20(12)22(33)19(32)6-4-5-13(2)24(28,29)30/h8,10-13H,4-7,9H2,1-3H3,(H,31,34)/t12?,13-/m1/s1. The molecule has 1 N–H and O–H groups in total. The van der Waals surface area contributed by atoms with E-state index in [-0.39, 0.29) is 58.1 Å². The van der Waals surface area contributed by atoms with Crippen LogP contribution in [0.5, 0.6) is 0 Å². The third-order valence-corrected chi connectivity index (χ3v) is 6.51. The summed E-state index contributed by atoms with van der Waals surface area (Å²) >= 11 is 12.1. The van der Waals surface area contributed by atoms with Gasteiger partial charge in [0.1, 0.15) is 5.82 Å². The van der Waals surface area contributed by atoms with E-state index in [1.165, 1.54) is 19.1 Å². The predicted molar refractivity (Wildman–Crippen MR) is 123 cm³/mol. The minimum Gasteiger partial charge on any atom is -0.322 e. The monoisotopic (exact) mass is 521 g/mol. The number of hydrogen-bond acceptors (Lipinski definition) is 3. The summed E-state index contributed by atoms with van der Waals surface area (Å²) in [6.45, 7) is 4.25. The Morgan fingerprint density at radius 2 is 1.85 bits per heavy atom. The number of allylic oxidation sites excluding steroid dienone is 2. The van der Waals surface area contributed by atoms with E-state index in [1.807, 2.05) is 0 Å². The molecular weight excluding hydrogens is 497 g/mol. The first-order valence-electron chi connectivity index (χ1n) is 10.7. The van der Waals surface area contributed by atoms with Gasteiger partial charge in [-0.1, -0.05) is 37.0 Å². The highest BCUT2D eigenvalue weighted by atomic mass is 35.5. The number of Topliss-reactive ketones (excluding diaryl/α,β-unsaturated/α-hetero) is 2. The lowest BCUT2D eigenvalue weighted by atomic mass is 9.86. The second kappa shape index (κ2) is 11.5. The van der Waals surface area contributed by atoms with Crippen LogP contribution < -0.4 is 5.32 Å². The molecule has 2 atom stereocenters. The van der Waals surface area contributed by atoms with Crippen molar-refractivity contribution in [1.82, 2.24) is 0 Å². The largest absolute Gasteiger partial charge is 0.391 e. The minimum absolute atomic E-state index is 0.0216. The van der Waals surface area contributed by atoms with Crippen LogP contribution in [-0.4, -0.2) is 23.6 Å². The summed E-state index contributed by atoms with van der Waals surface area (Å²) < 4.78 is 51.5. The molecule has 0 bridgehead atoms. The first-order chi connectivity index (χ1) is 15.7. The summed E-state index contributed by atoms with van der Waals surface area (Å²) in [6, 6.07) is 3.61. The van der Waals surface area contributed by atoms with E-state index in [9.17, 15) is 31.9 Å². The highest BCUT2D eigenvalue weighted by Crippen LogP contribution is 2.36. The van der Waals surface area contributed by atoms with Crippen LogP contribution in [-0.2, 0) is 14.4 Å². The van der Waals surface area contributed by atoms with E-state index in [1.54, 1.807) is 6.92 Å². The molecule has 186 valence electrons. The number of rotatable bonds is 8. The highest BCUT2D eigenvalue weighted by molar-refractivity contribution is 6.44. The van der Waals surface area contributed by atoms with E-state index in [0.717, 1.165) is 13.0 Å². The number of nitrogens with one attached hydrogen (secondary N) is 1. The smallest absolute Gasteiger partial charge is 0.322 e. The summed E-state index contributed by atoms with van der Waals surface area (Å²) in [6.07, 6.45) is -4.36. The Kier molecular flexibility index (Phi) is 9.48. The number of amides is 1. The summed E-state index contributed by atoms with van der Waals surface area (Å²) in [5, 5.41) is 2.57. The zero-order valence-corrected chi connectivity index (χ0v) is 20.4. The average molecular weight is 522 g/mol. The molecule has 0 saturated heterocycles. The second-order valence-electron chi connectivity index (χ2n) is 8.43. The maximum Gasteiger partial charge on any atom is 0.391 e. The van der Waals surface area contributed by atoms with Crippen molar-refractivity contribution in [2.24, 2.45) is 11.8 Å². The third kappa shape index (κ3) is 6.92. The van der Waals surface area contributed by atoms with Gasteiger partial charge in [0, 0.05) is 22.7 Å². The summed E-state index contributed by atoms with van der Waals surface area (Å²) in [7, 11) is 0. The molecule has 0 spiro atoms. The van der Waals surface area contributed by atoms with Gasteiger partial charge in [-0.2, -0.15) is 13.2 Å². The molecule has 0 aromatic heterocycles. The Balaban J connectivity index is 2.26. The van der Waals surface area contributed by atoms with Gasteiger partial charge in [-0.3, -0.25) is 14.4 Å². The summed E-state index contributed by atoms with van der Waals surface area (Å²) in [5.74, 6) is -4.93. The first kappa shape index (κ1) is 28.1. The molecule has 10 heteroatoms. The topological polar surface area (TPSA) is 63.2 Å². The van der Waals surface area contributed by atoms with Crippen LogP contribution >= 0.6 is 23.2 Å². The van der Waals surface area contributed by atoms with Gasteiger partial charge in [-0.05, 0) is 62.3 Å². The van der Waals surface area contributed by atoms with Gasteiger partial charge in [-0.25, -0.2) is 4.39 Å². The van der Waals surface area contributed by atoms with Gasteiger partial charge in [0.15, 0.2) is 0 Å². The molecule has 0 heterocycles. The maximum absolute atomic E-state index is 13.4. The molecule has 2 rings (SSSR count). The number of carbonyl (C=O) groups is 3. The van der Waals surface area contributed by atoms with Crippen LogP contribution in [0.25, 0.3) is 0 Å². The number of halogens is 6. The minimum atomic E-state index is -4.36. The van der Waals surface area contributed by atoms with E-state index in [4.69, 9.17) is 23.2 Å². The fourth-order valence-electron chi connectivity index (χ4n) is 3.77. The number of benzene rings is 1. The zero-order valence-electron chi connectivity index (χ0n) is 18.9. The maximum atomic E-state index is 13.4. The molecule has 1 aromatic carbocycles. The SMILES string of the molecule is CC1=C(C(=O)C(=O)CCC[C@@H](C)C(F)(F)F)C(C)CCC(Cl)=C1C(=O)Nc1ccc(F)c(Cl)c1. The first-order valence-corrected chi connectivity index (χ1v) is 11.5. The fraction of sp³-hybridized carbons (Fsp3) is 0.458. The average Bonchev–Trinajstić information content (AvgIpc) is 2.84. The van der Waals surface area contributed by atoms with Gasteiger partial charge in [0.05, 0.1) is 16.5 Å². The lowest BCUT2D eigenvalue weighted by molar-refractivity contribution is -0.171. The van der Waals surface area contributed by atoms with Crippen LogP contribution in [0.4, 0.5) is 23.2 Å². The summed E-state index contributed by atoms with van der Waals surface area (Å²) in [4.78, 5) is 38.5. The van der Waals surface area contributed by atoms with Gasteiger partial charge in [0.25, 0.3) is 5.91 Å². The fourth-order valence-corrected chi connectivity index (χ4v) is 4.29. The van der Waals surface area contributed by atoms with E-state index >= 15 is 0 Å². The second-order valence-corrected chi connectivity index (χ2v) is 9.29. The molecule has 34 heavy (non-hydrogen) atoms. The molecule has 4 nitrogen and oxygen atoms in total. The Hall–Kier alpha value is -2.19. The molecule has 1 aliphatic rings. The molecule has 0 fully saturated rings. The van der Waals surface area contributed by atoms with E-state index < -0.39 is 41.3 Å². The number of anilines is 1. The Labute approximate surface area is 205 Å². The van der Waals surface area contributed by atoms with Crippen LogP contribution in [0.1, 0.15) is 52.9 Å². The van der Waals surface area contributed by atoms with Gasteiger partial charge >= 0.3 is 6.18 Å². The Bertz CT molecular complexity index is 1050. The van der Waals surface area contributed by atoms with Crippen LogP contribution in [0.15, 0.2) is 40.0 Å². The molecule has 1 unspecified atom stereocenters. The molecule has 0 aliphatic heterocycles. The number of alkyl halides is 3. The van der Waals surface area contributed by atoms with Crippen LogP contribution in [0, 0.1) is 17.7 Å². The van der Waals surface area contributed by atoms with Crippen molar-refractivity contribution in [3.05, 3.63) is 50.8 Å². The molecule has 0 saturated carbocycles. The van der Waals surface area contributed by atoms with Gasteiger partial charge in [-0.15, -0.1) is 0 Å². The quantitative estimate of drug-likeness (QED) is 0.291. The number of carbonyl (C=O) groups excluding carboxylic acids is 3. The molecule has 1 aromatic rings. The Morgan fingerprint density at radius 1 is 1.21 bits per heavy atom. The highest BCUT2D eigenvalue weighted by Gasteiger charge is 2.36. The summed E-state index contributed by atoms with van der Waals surface area (Å²) in [5.41, 5.74) is 0.573. The van der Waals surface area contributed by atoms with Crippen molar-refractivity contribution in [3.8, 4) is 0 Å². The normalized spacial score (nSPS) is 18.0. The predicted octanol–water partition coefficient (Wildman–Crippen LogP) is 7.16. The van der Waals surface area contributed by atoms with Crippen molar-refractivity contribution >= 4 is 46.4 Å². The zero-order chi connectivity index (χ0) is 25.8. The lowest BCUT2D eigenvalue weighted by Gasteiger charge is -2.17. The number of hydrogen-bond donors (Lipinski definition) is 1. The van der Waals surface area contributed by atoms with Crippen molar-refractivity contribution in [2.45, 2.75) is 59.1 Å².